The van der Waals surface area contributed by atoms with E-state index in [1.165, 1.54) is 0 Å². The Labute approximate surface area is 102 Å². The number of hydrogen-bond donors (Lipinski definition) is 0. The molecule has 2 rings (SSSR count). The number of carbonyl (C=O) groups is 1. The van der Waals surface area contributed by atoms with Crippen LogP contribution < -0.4 is 0 Å². The van der Waals surface area contributed by atoms with Crippen LogP contribution in [0.15, 0.2) is 28.7 Å². The van der Waals surface area contributed by atoms with E-state index < -0.39 is 0 Å². The van der Waals surface area contributed by atoms with Gasteiger partial charge in [-0.05, 0) is 12.0 Å². The van der Waals surface area contributed by atoms with Crippen molar-refractivity contribution in [1.29, 1.82) is 0 Å². The number of furan rings is 1. The molecule has 0 fully saturated rings. The number of para-hydroxylation sites is 1. The fourth-order valence-corrected chi connectivity index (χ4v) is 2.12. The number of benzene rings is 1. The maximum Gasteiger partial charge on any atom is 0.167 e. The van der Waals surface area contributed by atoms with Gasteiger partial charge in [0.15, 0.2) is 5.78 Å². The summed E-state index contributed by atoms with van der Waals surface area (Å²) in [7, 11) is 0. The number of Topliss-reactive ketones (excluding diaryl/α,β-unsaturated/α-hetero) is 1. The van der Waals surface area contributed by atoms with Gasteiger partial charge >= 0.3 is 0 Å². The number of hydrogen-bond acceptors (Lipinski definition) is 2. The van der Waals surface area contributed by atoms with Crippen molar-refractivity contribution in [2.24, 2.45) is 5.92 Å². The summed E-state index contributed by atoms with van der Waals surface area (Å²) >= 11 is 0. The largest absolute Gasteiger partial charge is 0.460 e. The molecule has 2 heteroatoms. The molecule has 0 N–H and O–H groups in total. The van der Waals surface area contributed by atoms with Crippen molar-refractivity contribution < 1.29 is 9.21 Å². The zero-order chi connectivity index (χ0) is 12.4. The fraction of sp³-hybridized carbons (Fsp3) is 0.400. The first-order valence-electron chi connectivity index (χ1n) is 6.17. The van der Waals surface area contributed by atoms with Crippen LogP contribution in [0.5, 0.6) is 0 Å². The van der Waals surface area contributed by atoms with Crippen LogP contribution in [-0.2, 0) is 6.42 Å². The molecule has 0 aliphatic carbocycles. The smallest absolute Gasteiger partial charge is 0.167 e. The second-order valence-corrected chi connectivity index (χ2v) is 4.77. The maximum atomic E-state index is 12.2. The molecular weight excluding hydrogens is 212 g/mol. The quantitative estimate of drug-likeness (QED) is 0.736. The zero-order valence-electron chi connectivity index (χ0n) is 10.6. The van der Waals surface area contributed by atoms with Gasteiger partial charge in [0.25, 0.3) is 0 Å². The Kier molecular flexibility index (Phi) is 3.32. The Morgan fingerprint density at radius 1 is 1.29 bits per heavy atom. The molecular formula is C15H18O2. The highest BCUT2D eigenvalue weighted by Crippen LogP contribution is 2.28. The summed E-state index contributed by atoms with van der Waals surface area (Å²) in [5, 5.41) is 0.954. The summed E-state index contributed by atoms with van der Waals surface area (Å²) in [6, 6.07) is 7.76. The lowest BCUT2D eigenvalue weighted by atomic mass is 9.98. The maximum absolute atomic E-state index is 12.2. The normalized spacial score (nSPS) is 11.3. The molecule has 1 aromatic carbocycles. The predicted octanol–water partition coefficient (Wildman–Crippen LogP) is 4.22. The van der Waals surface area contributed by atoms with E-state index in [2.05, 4.69) is 13.8 Å². The molecule has 0 aliphatic heterocycles. The third kappa shape index (κ3) is 2.26. The molecule has 0 bridgehead atoms. The summed E-state index contributed by atoms with van der Waals surface area (Å²) in [6.45, 7) is 6.14. The van der Waals surface area contributed by atoms with Gasteiger partial charge in [0.1, 0.15) is 11.3 Å². The number of carbonyl (C=O) groups excluding carboxylic acids is 1. The topological polar surface area (TPSA) is 30.2 Å². The van der Waals surface area contributed by atoms with E-state index >= 15 is 0 Å². The molecule has 1 aromatic heterocycles. The van der Waals surface area contributed by atoms with Gasteiger partial charge in [0.2, 0.25) is 0 Å². The van der Waals surface area contributed by atoms with Crippen LogP contribution in [0, 0.1) is 5.92 Å². The molecule has 0 aliphatic rings. The van der Waals surface area contributed by atoms with Crippen LogP contribution in [0.4, 0.5) is 0 Å². The Hall–Kier alpha value is -1.57. The lowest BCUT2D eigenvalue weighted by Gasteiger charge is -2.03. The van der Waals surface area contributed by atoms with E-state index in [4.69, 9.17) is 4.42 Å². The van der Waals surface area contributed by atoms with Crippen LogP contribution in [0.3, 0.4) is 0 Å². The SMILES string of the molecule is CCc1oc2ccccc2c1C(=O)CC(C)C. The van der Waals surface area contributed by atoms with E-state index in [1.807, 2.05) is 31.2 Å². The number of rotatable bonds is 4. The van der Waals surface area contributed by atoms with Gasteiger partial charge in [0.05, 0.1) is 5.56 Å². The van der Waals surface area contributed by atoms with E-state index in [9.17, 15) is 4.79 Å². The Bertz CT molecular complexity index is 535. The molecule has 0 unspecified atom stereocenters. The monoisotopic (exact) mass is 230 g/mol. The molecule has 0 spiro atoms. The summed E-state index contributed by atoms with van der Waals surface area (Å²) in [4.78, 5) is 12.2. The molecule has 1 heterocycles. The van der Waals surface area contributed by atoms with Crippen LogP contribution >= 0.6 is 0 Å². The molecule has 0 saturated carbocycles. The lowest BCUT2D eigenvalue weighted by molar-refractivity contribution is 0.0967. The minimum Gasteiger partial charge on any atom is -0.460 e. The summed E-state index contributed by atoms with van der Waals surface area (Å²) in [5.74, 6) is 1.39. The predicted molar refractivity (Wildman–Crippen MR) is 69.4 cm³/mol. The van der Waals surface area contributed by atoms with E-state index in [-0.39, 0.29) is 5.78 Å². The highest BCUT2D eigenvalue weighted by molar-refractivity contribution is 6.08. The Balaban J connectivity index is 2.53. The summed E-state index contributed by atoms with van der Waals surface area (Å²) < 4.78 is 5.73. The summed E-state index contributed by atoms with van der Waals surface area (Å²) in [6.07, 6.45) is 1.34. The minimum absolute atomic E-state index is 0.196. The first kappa shape index (κ1) is 11.9. The van der Waals surface area contributed by atoms with Crippen molar-refractivity contribution in [3.05, 3.63) is 35.6 Å². The molecule has 0 radical (unpaired) electrons. The van der Waals surface area contributed by atoms with Crippen molar-refractivity contribution in [3.63, 3.8) is 0 Å². The van der Waals surface area contributed by atoms with Crippen LogP contribution in [0.2, 0.25) is 0 Å². The number of ketones is 1. The van der Waals surface area contributed by atoms with Crippen molar-refractivity contribution in [2.75, 3.05) is 0 Å². The van der Waals surface area contributed by atoms with Gasteiger partial charge in [-0.3, -0.25) is 4.79 Å². The zero-order valence-corrected chi connectivity index (χ0v) is 10.6. The third-order valence-electron chi connectivity index (χ3n) is 2.86. The van der Waals surface area contributed by atoms with Gasteiger partial charge in [-0.25, -0.2) is 0 Å². The Morgan fingerprint density at radius 2 is 2.00 bits per heavy atom. The molecule has 90 valence electrons. The van der Waals surface area contributed by atoms with Crippen molar-refractivity contribution in [2.45, 2.75) is 33.6 Å². The molecule has 0 atom stereocenters. The molecule has 0 amide bonds. The van der Waals surface area contributed by atoms with Crippen molar-refractivity contribution in [1.82, 2.24) is 0 Å². The highest BCUT2D eigenvalue weighted by atomic mass is 16.3. The number of fused-ring (bicyclic) bond motifs is 1. The second kappa shape index (κ2) is 4.74. The molecule has 2 aromatic rings. The average molecular weight is 230 g/mol. The highest BCUT2D eigenvalue weighted by Gasteiger charge is 2.19. The average Bonchev–Trinajstić information content (AvgIpc) is 2.66. The van der Waals surface area contributed by atoms with E-state index in [0.717, 1.165) is 28.7 Å². The van der Waals surface area contributed by atoms with Gasteiger partial charge < -0.3 is 4.42 Å². The van der Waals surface area contributed by atoms with Gasteiger partial charge in [-0.1, -0.05) is 39.0 Å². The van der Waals surface area contributed by atoms with Crippen LogP contribution in [-0.4, -0.2) is 5.78 Å². The van der Waals surface area contributed by atoms with Gasteiger partial charge in [-0.2, -0.15) is 0 Å². The van der Waals surface area contributed by atoms with Crippen molar-refractivity contribution in [3.8, 4) is 0 Å². The van der Waals surface area contributed by atoms with Gasteiger partial charge in [-0.15, -0.1) is 0 Å². The Morgan fingerprint density at radius 3 is 2.65 bits per heavy atom. The van der Waals surface area contributed by atoms with Crippen molar-refractivity contribution >= 4 is 16.8 Å². The lowest BCUT2D eigenvalue weighted by Crippen LogP contribution is -2.05. The first-order valence-corrected chi connectivity index (χ1v) is 6.17. The first-order chi connectivity index (χ1) is 8.13. The van der Waals surface area contributed by atoms with Crippen LogP contribution in [0.1, 0.15) is 43.3 Å². The molecule has 2 nitrogen and oxygen atoms in total. The van der Waals surface area contributed by atoms with Crippen LogP contribution in [0.25, 0.3) is 11.0 Å². The van der Waals surface area contributed by atoms with E-state index in [0.29, 0.717) is 12.3 Å². The number of aryl methyl sites for hydroxylation is 1. The third-order valence-corrected chi connectivity index (χ3v) is 2.86. The molecule has 17 heavy (non-hydrogen) atoms. The fourth-order valence-electron chi connectivity index (χ4n) is 2.12. The van der Waals surface area contributed by atoms with Gasteiger partial charge in [0, 0.05) is 18.2 Å². The standard InChI is InChI=1S/C15H18O2/c1-4-13-15(12(16)9-10(2)3)11-7-5-6-8-14(11)17-13/h5-8,10H,4,9H2,1-3H3. The van der Waals surface area contributed by atoms with E-state index in [1.54, 1.807) is 0 Å². The summed E-state index contributed by atoms with van der Waals surface area (Å²) in [5.41, 5.74) is 1.60. The second-order valence-electron chi connectivity index (χ2n) is 4.77. The minimum atomic E-state index is 0.196. The molecule has 0 saturated heterocycles.